The van der Waals surface area contributed by atoms with E-state index in [4.69, 9.17) is 0 Å². The van der Waals surface area contributed by atoms with E-state index in [-0.39, 0.29) is 0 Å². The molecule has 128 valence electrons. The Morgan fingerprint density at radius 1 is 0.692 bits per heavy atom. The van der Waals surface area contributed by atoms with Crippen LogP contribution in [0.2, 0.25) is 0 Å². The van der Waals surface area contributed by atoms with Crippen LogP contribution in [0.15, 0.2) is 85.5 Å². The second-order valence-electron chi connectivity index (χ2n) is 6.40. The zero-order valence-corrected chi connectivity index (χ0v) is 15.3. The average molecular weight is 336 g/mol. The summed E-state index contributed by atoms with van der Waals surface area (Å²) in [5, 5.41) is 0. The first-order valence-corrected chi connectivity index (χ1v) is 9.19. The Kier molecular flexibility index (Phi) is 6.07. The summed E-state index contributed by atoms with van der Waals surface area (Å²) in [5.41, 5.74) is 7.25. The molecule has 0 atom stereocenters. The normalized spacial score (nSPS) is 10.0. The van der Waals surface area contributed by atoms with Gasteiger partial charge in [0.05, 0.1) is 0 Å². The minimum absolute atomic E-state index is 1.01. The molecule has 0 aliphatic rings. The first-order chi connectivity index (χ1) is 12.8. The van der Waals surface area contributed by atoms with Crippen LogP contribution in [0.3, 0.4) is 0 Å². The van der Waals surface area contributed by atoms with E-state index in [9.17, 15) is 0 Å². The van der Waals surface area contributed by atoms with Gasteiger partial charge in [-0.25, -0.2) is 0 Å². The summed E-state index contributed by atoms with van der Waals surface area (Å²) in [7, 11) is 0. The number of allylic oxidation sites excluding steroid dienone is 1. The Balaban J connectivity index is 1.69. The summed E-state index contributed by atoms with van der Waals surface area (Å²) in [6.07, 6.45) is 5.08. The highest BCUT2D eigenvalue weighted by atomic mass is 14.0. The molecule has 0 radical (unpaired) electrons. The molecule has 0 amide bonds. The molecule has 0 bridgehead atoms. The smallest absolute Gasteiger partial charge is 0.0249 e. The third-order valence-electron chi connectivity index (χ3n) is 4.52. The van der Waals surface area contributed by atoms with Gasteiger partial charge in [0.2, 0.25) is 0 Å². The SMILES string of the molecule is C=CCCc1ccc(C#Cc2ccc(-c3ccc(CC)cc3)cc2)cc1. The second kappa shape index (κ2) is 8.88. The van der Waals surface area contributed by atoms with Gasteiger partial charge >= 0.3 is 0 Å². The van der Waals surface area contributed by atoms with Gasteiger partial charge in [-0.15, -0.1) is 6.58 Å². The minimum atomic E-state index is 1.01. The lowest BCUT2D eigenvalue weighted by Crippen LogP contribution is -1.84. The van der Waals surface area contributed by atoms with E-state index >= 15 is 0 Å². The first-order valence-electron chi connectivity index (χ1n) is 9.19. The van der Waals surface area contributed by atoms with Gasteiger partial charge in [-0.3, -0.25) is 0 Å². The molecule has 0 fully saturated rings. The van der Waals surface area contributed by atoms with Crippen molar-refractivity contribution in [1.29, 1.82) is 0 Å². The maximum Gasteiger partial charge on any atom is 0.0249 e. The van der Waals surface area contributed by atoms with Crippen molar-refractivity contribution in [3.63, 3.8) is 0 Å². The highest BCUT2D eigenvalue weighted by Gasteiger charge is 1.98. The van der Waals surface area contributed by atoms with Crippen LogP contribution in [0.25, 0.3) is 11.1 Å². The van der Waals surface area contributed by atoms with Gasteiger partial charge in [0.1, 0.15) is 0 Å². The lowest BCUT2D eigenvalue weighted by Gasteiger charge is -2.03. The van der Waals surface area contributed by atoms with Crippen LogP contribution in [-0.2, 0) is 12.8 Å². The molecular weight excluding hydrogens is 312 g/mol. The van der Waals surface area contributed by atoms with Crippen molar-refractivity contribution in [3.05, 3.63) is 108 Å². The molecule has 0 spiro atoms. The van der Waals surface area contributed by atoms with Crippen LogP contribution >= 0.6 is 0 Å². The molecule has 0 aromatic heterocycles. The van der Waals surface area contributed by atoms with Crippen LogP contribution in [0.4, 0.5) is 0 Å². The monoisotopic (exact) mass is 336 g/mol. The van der Waals surface area contributed by atoms with Crippen LogP contribution in [0.1, 0.15) is 35.6 Å². The molecule has 0 N–H and O–H groups in total. The zero-order valence-electron chi connectivity index (χ0n) is 15.3. The lowest BCUT2D eigenvalue weighted by molar-refractivity contribution is 1.00. The topological polar surface area (TPSA) is 0 Å². The lowest BCUT2D eigenvalue weighted by atomic mass is 10.0. The van der Waals surface area contributed by atoms with Crippen LogP contribution < -0.4 is 0 Å². The Hall–Kier alpha value is -3.04. The van der Waals surface area contributed by atoms with Gasteiger partial charge in [-0.1, -0.05) is 73.4 Å². The molecule has 26 heavy (non-hydrogen) atoms. The summed E-state index contributed by atoms with van der Waals surface area (Å²) in [4.78, 5) is 0. The van der Waals surface area contributed by atoms with Gasteiger partial charge in [0.25, 0.3) is 0 Å². The van der Waals surface area contributed by atoms with E-state index in [1.807, 2.05) is 6.08 Å². The van der Waals surface area contributed by atoms with Gasteiger partial charge < -0.3 is 0 Å². The van der Waals surface area contributed by atoms with E-state index in [1.165, 1.54) is 22.3 Å². The number of hydrogen-bond donors (Lipinski definition) is 0. The van der Waals surface area contributed by atoms with Crippen LogP contribution in [0, 0.1) is 11.8 Å². The van der Waals surface area contributed by atoms with E-state index in [0.717, 1.165) is 30.4 Å². The molecule has 3 rings (SSSR count). The molecule has 0 saturated carbocycles. The summed E-state index contributed by atoms with van der Waals surface area (Å²) in [5.74, 6) is 6.50. The van der Waals surface area contributed by atoms with Crippen molar-refractivity contribution in [3.8, 4) is 23.0 Å². The van der Waals surface area contributed by atoms with Crippen LogP contribution in [0.5, 0.6) is 0 Å². The van der Waals surface area contributed by atoms with Gasteiger partial charge in [0.15, 0.2) is 0 Å². The van der Waals surface area contributed by atoms with E-state index in [2.05, 4.69) is 98.1 Å². The Morgan fingerprint density at radius 3 is 1.65 bits per heavy atom. The number of hydrogen-bond acceptors (Lipinski definition) is 0. The van der Waals surface area contributed by atoms with Crippen molar-refractivity contribution in [2.24, 2.45) is 0 Å². The zero-order chi connectivity index (χ0) is 18.2. The Morgan fingerprint density at radius 2 is 1.15 bits per heavy atom. The third kappa shape index (κ3) is 4.74. The highest BCUT2D eigenvalue weighted by molar-refractivity contribution is 5.64. The number of rotatable bonds is 5. The molecule has 0 nitrogen and oxygen atoms in total. The predicted octanol–water partition coefficient (Wildman–Crippen LogP) is 6.43. The van der Waals surface area contributed by atoms with E-state index in [1.54, 1.807) is 0 Å². The average Bonchev–Trinajstić information content (AvgIpc) is 2.72. The van der Waals surface area contributed by atoms with Gasteiger partial charge in [0, 0.05) is 11.1 Å². The fraction of sp³-hybridized carbons (Fsp3) is 0.154. The standard InChI is InChI=1S/C26H24/c1-3-5-6-22-7-9-23(10-8-22)11-12-24-15-19-26(20-16-24)25-17-13-21(4-2)14-18-25/h3,7-10,13-20H,1,4-6H2,2H3. The third-order valence-corrected chi connectivity index (χ3v) is 4.52. The fourth-order valence-corrected chi connectivity index (χ4v) is 2.85. The van der Waals surface area contributed by atoms with Crippen molar-refractivity contribution in [2.75, 3.05) is 0 Å². The molecule has 0 heterocycles. The van der Waals surface area contributed by atoms with E-state index in [0.29, 0.717) is 0 Å². The summed E-state index contributed by atoms with van der Waals surface area (Å²) < 4.78 is 0. The van der Waals surface area contributed by atoms with Crippen molar-refractivity contribution in [2.45, 2.75) is 26.2 Å². The molecule has 3 aromatic carbocycles. The summed E-state index contributed by atoms with van der Waals surface area (Å²) in [6, 6.07) is 25.7. The van der Waals surface area contributed by atoms with Crippen molar-refractivity contribution in [1.82, 2.24) is 0 Å². The Bertz CT molecular complexity index is 899. The van der Waals surface area contributed by atoms with Crippen LogP contribution in [-0.4, -0.2) is 0 Å². The maximum atomic E-state index is 3.77. The minimum Gasteiger partial charge on any atom is -0.103 e. The van der Waals surface area contributed by atoms with Gasteiger partial charge in [-0.05, 0) is 65.8 Å². The molecule has 0 aliphatic heterocycles. The molecule has 0 heteroatoms. The maximum absolute atomic E-state index is 3.77. The molecular formula is C26H24. The first kappa shape index (κ1) is 17.8. The summed E-state index contributed by atoms with van der Waals surface area (Å²) in [6.45, 7) is 5.94. The second-order valence-corrected chi connectivity index (χ2v) is 6.40. The van der Waals surface area contributed by atoms with Crippen molar-refractivity contribution < 1.29 is 0 Å². The van der Waals surface area contributed by atoms with E-state index < -0.39 is 0 Å². The molecule has 0 unspecified atom stereocenters. The number of benzene rings is 3. The molecule has 0 saturated heterocycles. The quantitative estimate of drug-likeness (QED) is 0.372. The summed E-state index contributed by atoms with van der Waals surface area (Å²) >= 11 is 0. The Labute approximate surface area is 157 Å². The largest absolute Gasteiger partial charge is 0.103 e. The predicted molar refractivity (Wildman–Crippen MR) is 112 cm³/mol. The van der Waals surface area contributed by atoms with Gasteiger partial charge in [-0.2, -0.15) is 0 Å². The fourth-order valence-electron chi connectivity index (χ4n) is 2.85. The highest BCUT2D eigenvalue weighted by Crippen LogP contribution is 2.20. The number of aryl methyl sites for hydroxylation is 2. The van der Waals surface area contributed by atoms with Crippen molar-refractivity contribution >= 4 is 0 Å². The molecule has 3 aromatic rings. The molecule has 0 aliphatic carbocycles.